The Labute approximate surface area is 172 Å². The Morgan fingerprint density at radius 2 is 1.87 bits per heavy atom. The smallest absolute Gasteiger partial charge is 0.351 e. The number of nitrogens with zero attached hydrogens (tertiary/aromatic N) is 2. The van der Waals surface area contributed by atoms with Crippen molar-refractivity contribution in [3.05, 3.63) is 81.9 Å². The molecule has 4 rings (SSSR count). The molecule has 1 N–H and O–H groups in total. The third-order valence-electron chi connectivity index (χ3n) is 4.62. The molecule has 154 valence electrons. The molecule has 0 spiro atoms. The molecule has 0 amide bonds. The van der Waals surface area contributed by atoms with Crippen molar-refractivity contribution in [1.82, 2.24) is 9.55 Å². The zero-order valence-electron chi connectivity index (χ0n) is 15.6. The van der Waals surface area contributed by atoms with Gasteiger partial charge in [-0.25, -0.2) is 9.37 Å². The molecule has 2 aromatic heterocycles. The van der Waals surface area contributed by atoms with E-state index in [-0.39, 0.29) is 23.9 Å². The second-order valence-electron chi connectivity index (χ2n) is 6.65. The van der Waals surface area contributed by atoms with Crippen LogP contribution in [0, 0.1) is 5.82 Å². The van der Waals surface area contributed by atoms with E-state index in [1.165, 1.54) is 23.7 Å². The molecular formula is C21H15F4N3OS. The molecule has 4 nitrogen and oxygen atoms in total. The van der Waals surface area contributed by atoms with E-state index >= 15 is 0 Å². The molecule has 0 aliphatic carbocycles. The summed E-state index contributed by atoms with van der Waals surface area (Å²) in [6, 6.07) is 12.8. The van der Waals surface area contributed by atoms with Crippen LogP contribution in [0.1, 0.15) is 11.1 Å². The molecule has 0 fully saturated rings. The first-order valence-electron chi connectivity index (χ1n) is 8.89. The molecule has 0 aliphatic rings. The van der Waals surface area contributed by atoms with E-state index in [0.29, 0.717) is 26.2 Å². The highest BCUT2D eigenvalue weighted by Crippen LogP contribution is 2.35. The molecule has 0 saturated carbocycles. The van der Waals surface area contributed by atoms with Gasteiger partial charge in [0.1, 0.15) is 10.5 Å². The molecule has 0 bridgehead atoms. The molecule has 0 unspecified atom stereocenters. The molecule has 2 aromatic carbocycles. The van der Waals surface area contributed by atoms with Gasteiger partial charge >= 0.3 is 6.18 Å². The van der Waals surface area contributed by atoms with E-state index in [0.717, 1.165) is 23.5 Å². The standard InChI is InChI=1S/C21H15F4N3OS/c1-28-19(29)18-16(27-20(28)26-11-13-5-2-3-8-15(13)22)10-17(30-18)12-6-4-7-14(9-12)21(23,24)25/h2-10H,11H2,1H3,(H,26,27). The van der Waals surface area contributed by atoms with Crippen molar-refractivity contribution in [2.24, 2.45) is 7.05 Å². The lowest BCUT2D eigenvalue weighted by Crippen LogP contribution is -2.21. The molecule has 2 heterocycles. The maximum atomic E-state index is 13.8. The summed E-state index contributed by atoms with van der Waals surface area (Å²) >= 11 is 1.09. The number of anilines is 1. The molecular weight excluding hydrogens is 418 g/mol. The van der Waals surface area contributed by atoms with Crippen molar-refractivity contribution in [3.63, 3.8) is 0 Å². The zero-order chi connectivity index (χ0) is 21.5. The third kappa shape index (κ3) is 3.80. The minimum Gasteiger partial charge on any atom is -0.351 e. The van der Waals surface area contributed by atoms with Gasteiger partial charge < -0.3 is 5.32 Å². The largest absolute Gasteiger partial charge is 0.416 e. The zero-order valence-corrected chi connectivity index (χ0v) is 16.4. The fourth-order valence-electron chi connectivity index (χ4n) is 3.02. The second kappa shape index (κ2) is 7.56. The Morgan fingerprint density at radius 1 is 1.10 bits per heavy atom. The molecule has 0 aliphatic heterocycles. The Kier molecular flexibility index (Phi) is 5.07. The number of aromatic nitrogens is 2. The lowest BCUT2D eigenvalue weighted by Gasteiger charge is -2.10. The minimum atomic E-state index is -4.45. The number of halogens is 4. The van der Waals surface area contributed by atoms with E-state index in [9.17, 15) is 22.4 Å². The van der Waals surface area contributed by atoms with E-state index in [2.05, 4.69) is 10.3 Å². The summed E-state index contributed by atoms with van der Waals surface area (Å²) in [4.78, 5) is 17.7. The topological polar surface area (TPSA) is 46.9 Å². The van der Waals surface area contributed by atoms with Gasteiger partial charge in [-0.2, -0.15) is 13.2 Å². The number of hydrogen-bond acceptors (Lipinski definition) is 4. The first-order valence-corrected chi connectivity index (χ1v) is 9.71. The summed E-state index contributed by atoms with van der Waals surface area (Å²) in [7, 11) is 1.53. The van der Waals surface area contributed by atoms with Crippen LogP contribution in [0.3, 0.4) is 0 Å². The molecule has 0 radical (unpaired) electrons. The Hall–Kier alpha value is -3.20. The maximum absolute atomic E-state index is 13.8. The van der Waals surface area contributed by atoms with Gasteiger partial charge in [-0.1, -0.05) is 30.3 Å². The van der Waals surface area contributed by atoms with Crippen LogP contribution in [0.2, 0.25) is 0 Å². The maximum Gasteiger partial charge on any atom is 0.416 e. The molecule has 0 atom stereocenters. The normalized spacial score (nSPS) is 11.8. The average Bonchev–Trinajstić information content (AvgIpc) is 3.14. The highest BCUT2D eigenvalue weighted by Gasteiger charge is 2.30. The van der Waals surface area contributed by atoms with Crippen LogP contribution < -0.4 is 10.9 Å². The summed E-state index contributed by atoms with van der Waals surface area (Å²) in [5, 5.41) is 2.95. The molecule has 0 saturated heterocycles. The quantitative estimate of drug-likeness (QED) is 0.437. The van der Waals surface area contributed by atoms with Crippen LogP contribution in [0.5, 0.6) is 0 Å². The van der Waals surface area contributed by atoms with Crippen molar-refractivity contribution in [1.29, 1.82) is 0 Å². The van der Waals surface area contributed by atoms with Crippen LogP contribution >= 0.6 is 11.3 Å². The Balaban J connectivity index is 1.71. The van der Waals surface area contributed by atoms with Gasteiger partial charge in [0.25, 0.3) is 5.56 Å². The number of fused-ring (bicyclic) bond motifs is 1. The summed E-state index contributed by atoms with van der Waals surface area (Å²) in [5.74, 6) is -0.136. The van der Waals surface area contributed by atoms with Gasteiger partial charge in [0, 0.05) is 24.0 Å². The Bertz CT molecular complexity index is 1290. The van der Waals surface area contributed by atoms with Gasteiger partial charge in [0.2, 0.25) is 5.95 Å². The number of alkyl halides is 3. The summed E-state index contributed by atoms with van der Waals surface area (Å²) in [5.41, 5.74) is 0.0499. The Morgan fingerprint density at radius 3 is 2.60 bits per heavy atom. The second-order valence-corrected chi connectivity index (χ2v) is 7.70. The van der Waals surface area contributed by atoms with Crippen molar-refractivity contribution in [3.8, 4) is 10.4 Å². The summed E-state index contributed by atoms with van der Waals surface area (Å²) in [6.07, 6.45) is -4.45. The number of hydrogen-bond donors (Lipinski definition) is 1. The van der Waals surface area contributed by atoms with Crippen molar-refractivity contribution in [2.75, 3.05) is 5.32 Å². The van der Waals surface area contributed by atoms with Gasteiger partial charge in [-0.3, -0.25) is 9.36 Å². The van der Waals surface area contributed by atoms with E-state index < -0.39 is 11.7 Å². The number of benzene rings is 2. The molecule has 9 heteroatoms. The van der Waals surface area contributed by atoms with Crippen LogP contribution in [0.15, 0.2) is 59.4 Å². The highest BCUT2D eigenvalue weighted by molar-refractivity contribution is 7.22. The fourth-order valence-corrected chi connectivity index (χ4v) is 4.09. The predicted molar refractivity (Wildman–Crippen MR) is 109 cm³/mol. The van der Waals surface area contributed by atoms with Gasteiger partial charge in [0.05, 0.1) is 11.1 Å². The van der Waals surface area contributed by atoms with Crippen LogP contribution in [-0.4, -0.2) is 9.55 Å². The lowest BCUT2D eigenvalue weighted by atomic mass is 10.1. The fraction of sp³-hybridized carbons (Fsp3) is 0.143. The first-order chi connectivity index (χ1) is 14.2. The minimum absolute atomic E-state index is 0.128. The van der Waals surface area contributed by atoms with Crippen molar-refractivity contribution < 1.29 is 17.6 Å². The van der Waals surface area contributed by atoms with Crippen molar-refractivity contribution >= 4 is 27.5 Å². The number of rotatable bonds is 4. The van der Waals surface area contributed by atoms with Crippen LogP contribution in [0.4, 0.5) is 23.5 Å². The number of nitrogens with one attached hydrogen (secondary N) is 1. The van der Waals surface area contributed by atoms with Gasteiger partial charge in [-0.05, 0) is 29.8 Å². The van der Waals surface area contributed by atoms with E-state index in [1.807, 2.05) is 0 Å². The first kappa shape index (κ1) is 20.1. The third-order valence-corrected chi connectivity index (χ3v) is 5.79. The lowest BCUT2D eigenvalue weighted by molar-refractivity contribution is -0.137. The number of thiophene rings is 1. The predicted octanol–water partition coefficient (Wildman–Crippen LogP) is 5.43. The average molecular weight is 433 g/mol. The summed E-state index contributed by atoms with van der Waals surface area (Å²) in [6.45, 7) is 0.128. The van der Waals surface area contributed by atoms with Crippen LogP contribution in [-0.2, 0) is 19.8 Å². The van der Waals surface area contributed by atoms with Crippen LogP contribution in [0.25, 0.3) is 20.7 Å². The van der Waals surface area contributed by atoms with Gasteiger partial charge in [0.15, 0.2) is 0 Å². The van der Waals surface area contributed by atoms with Gasteiger partial charge in [-0.15, -0.1) is 11.3 Å². The van der Waals surface area contributed by atoms with E-state index in [1.54, 1.807) is 30.3 Å². The monoisotopic (exact) mass is 433 g/mol. The molecule has 30 heavy (non-hydrogen) atoms. The van der Waals surface area contributed by atoms with Crippen molar-refractivity contribution in [2.45, 2.75) is 12.7 Å². The highest BCUT2D eigenvalue weighted by atomic mass is 32.1. The summed E-state index contributed by atoms with van der Waals surface area (Å²) < 4.78 is 54.5. The van der Waals surface area contributed by atoms with E-state index in [4.69, 9.17) is 0 Å². The molecule has 4 aromatic rings. The SMILES string of the molecule is Cn1c(NCc2ccccc2F)nc2cc(-c3cccc(C(F)(F)F)c3)sc2c1=O.